The van der Waals surface area contributed by atoms with Gasteiger partial charge in [0.25, 0.3) is 0 Å². The van der Waals surface area contributed by atoms with Crippen molar-refractivity contribution < 1.29 is 9.90 Å². The lowest BCUT2D eigenvalue weighted by Gasteiger charge is -2.37. The number of carbonyl (C=O) groups excluding carboxylic acids is 1. The summed E-state index contributed by atoms with van der Waals surface area (Å²) in [6.45, 7) is 6.18. The minimum Gasteiger partial charge on any atom is -0.508 e. The summed E-state index contributed by atoms with van der Waals surface area (Å²) in [6.07, 6.45) is 5.37. The van der Waals surface area contributed by atoms with E-state index >= 15 is 0 Å². The number of nitrogens with zero attached hydrogens (tertiary/aromatic N) is 1. The minimum atomic E-state index is -2.31. The molecule has 2 aromatic rings. The topological polar surface area (TPSA) is 49.7 Å². The quantitative estimate of drug-likeness (QED) is 0.506. The van der Waals surface area contributed by atoms with Crippen molar-refractivity contribution in [2.75, 3.05) is 0 Å². The fourth-order valence-corrected chi connectivity index (χ4v) is 8.55. The van der Waals surface area contributed by atoms with Gasteiger partial charge in [0.1, 0.15) is 13.8 Å². The molecule has 1 aromatic heterocycles. The summed E-state index contributed by atoms with van der Waals surface area (Å²) < 4.78 is 0. The number of hydrogen-bond donors (Lipinski definition) is 1. The number of hydrogen-bond acceptors (Lipinski definition) is 4. The van der Waals surface area contributed by atoms with Gasteiger partial charge >= 0.3 is 0 Å². The van der Waals surface area contributed by atoms with Gasteiger partial charge in [0, 0.05) is 10.5 Å². The predicted octanol–water partition coefficient (Wildman–Crippen LogP) is 4.14. The number of carbonyl (C=O) groups is 1. The van der Waals surface area contributed by atoms with E-state index in [9.17, 15) is 9.90 Å². The van der Waals surface area contributed by atoms with Crippen molar-refractivity contribution in [3.63, 3.8) is 0 Å². The van der Waals surface area contributed by atoms with E-state index in [-0.39, 0.29) is 11.5 Å². The zero-order valence-electron chi connectivity index (χ0n) is 13.8. The lowest BCUT2D eigenvalue weighted by molar-refractivity contribution is -0.109. The molecule has 5 heteroatoms. The molecule has 0 amide bonds. The lowest BCUT2D eigenvalue weighted by Crippen LogP contribution is -2.52. The third kappa shape index (κ3) is 2.39. The Labute approximate surface area is 151 Å². The Morgan fingerprint density at radius 2 is 2.16 bits per heavy atom. The van der Waals surface area contributed by atoms with Gasteiger partial charge in [-0.2, -0.15) is 0 Å². The van der Waals surface area contributed by atoms with E-state index in [0.29, 0.717) is 0 Å². The summed E-state index contributed by atoms with van der Waals surface area (Å²) in [7, 11) is -2.31. The maximum absolute atomic E-state index is 12.8. The zero-order valence-corrected chi connectivity index (χ0v) is 15.6. The monoisotopic (exact) mass is 363 g/mol. The highest BCUT2D eigenvalue weighted by Crippen LogP contribution is 2.40. The summed E-state index contributed by atoms with van der Waals surface area (Å²) in [5.74, 6) is 0.263. The number of rotatable bonds is 3. The Morgan fingerprint density at radius 1 is 1.32 bits per heavy atom. The minimum absolute atomic E-state index is 0.0304. The molecule has 0 spiro atoms. The summed E-state index contributed by atoms with van der Waals surface area (Å²) in [6, 6.07) is 10.1. The zero-order chi connectivity index (χ0) is 17.6. The highest BCUT2D eigenvalue weighted by Gasteiger charge is 2.44. The van der Waals surface area contributed by atoms with Crippen LogP contribution in [0.5, 0.6) is 5.75 Å². The molecule has 2 heterocycles. The normalized spacial score (nSPS) is 21.6. The van der Waals surface area contributed by atoms with E-state index in [4.69, 9.17) is 4.99 Å². The number of thiophene rings is 1. The number of phenols is 1. The Kier molecular flexibility index (Phi) is 3.70. The van der Waals surface area contributed by atoms with Crippen molar-refractivity contribution in [2.45, 2.75) is 12.6 Å². The van der Waals surface area contributed by atoms with Crippen LogP contribution in [0, 0.1) is 0 Å². The molecule has 1 unspecified atom stereocenters. The van der Waals surface area contributed by atoms with Crippen LogP contribution < -0.4 is 5.19 Å². The average Bonchev–Trinajstić information content (AvgIpc) is 3.11. The highest BCUT2D eigenvalue weighted by atomic mass is 32.1. The van der Waals surface area contributed by atoms with Gasteiger partial charge in [-0.25, -0.2) is 4.99 Å². The smallest absolute Gasteiger partial charge is 0.187 e. The standard InChI is InChI=1S/C20H17NO2SSi/c1-3-11-25(2)18-12-13(22)6-7-14(18)21-15-8-9-16(23)19(20(15)25)17-5-4-10-24-17/h3-10,12,22H,1,11H2,2H3. The third-order valence-corrected chi connectivity index (χ3v) is 10.0. The second-order valence-corrected chi connectivity index (χ2v) is 11.5. The second-order valence-electron chi connectivity index (χ2n) is 6.45. The number of allylic oxidation sites excluding steroid dienone is 5. The number of phenolic OH excluding ortho intramolecular Hbond substituents is 1. The van der Waals surface area contributed by atoms with Crippen LogP contribution in [0.15, 0.2) is 70.7 Å². The highest BCUT2D eigenvalue weighted by molar-refractivity contribution is 7.12. The summed E-state index contributed by atoms with van der Waals surface area (Å²) in [5, 5.41) is 14.1. The first-order chi connectivity index (χ1) is 12.0. The fourth-order valence-electron chi connectivity index (χ4n) is 3.72. The van der Waals surface area contributed by atoms with E-state index in [2.05, 4.69) is 13.1 Å². The molecule has 1 aromatic carbocycles. The molecule has 0 radical (unpaired) electrons. The van der Waals surface area contributed by atoms with Crippen LogP contribution in [0.3, 0.4) is 0 Å². The molecule has 1 atom stereocenters. The Balaban J connectivity index is 2.09. The third-order valence-electron chi connectivity index (χ3n) is 4.83. The molecular formula is C20H17NO2SSi. The molecule has 1 aliphatic carbocycles. The molecule has 3 nitrogen and oxygen atoms in total. The van der Waals surface area contributed by atoms with Crippen molar-refractivity contribution in [3.05, 3.63) is 70.6 Å². The van der Waals surface area contributed by atoms with Gasteiger partial charge < -0.3 is 5.11 Å². The van der Waals surface area contributed by atoms with Crippen molar-refractivity contribution >= 4 is 47.4 Å². The number of ketones is 1. The van der Waals surface area contributed by atoms with Gasteiger partial charge in [-0.1, -0.05) is 18.7 Å². The maximum atomic E-state index is 12.8. The molecule has 124 valence electrons. The number of aliphatic imine (C=N–C) groups is 1. The van der Waals surface area contributed by atoms with Crippen LogP contribution in [0.25, 0.3) is 5.57 Å². The van der Waals surface area contributed by atoms with Gasteiger partial charge in [0.05, 0.1) is 11.4 Å². The molecule has 25 heavy (non-hydrogen) atoms. The van der Waals surface area contributed by atoms with Crippen molar-refractivity contribution in [2.24, 2.45) is 4.99 Å². The van der Waals surface area contributed by atoms with Crippen LogP contribution in [0.1, 0.15) is 4.88 Å². The summed E-state index contributed by atoms with van der Waals surface area (Å²) >= 11 is 1.57. The fraction of sp³-hybridized carbons (Fsp3) is 0.100. The number of fused-ring (bicyclic) bond motifs is 2. The molecule has 0 saturated carbocycles. The van der Waals surface area contributed by atoms with Crippen LogP contribution in [-0.2, 0) is 4.79 Å². The number of benzene rings is 1. The summed E-state index contributed by atoms with van der Waals surface area (Å²) in [4.78, 5) is 18.5. The van der Waals surface area contributed by atoms with Crippen LogP contribution in [0.2, 0.25) is 12.6 Å². The number of aromatic hydroxyl groups is 1. The van der Waals surface area contributed by atoms with Crippen molar-refractivity contribution in [1.29, 1.82) is 0 Å². The van der Waals surface area contributed by atoms with Crippen LogP contribution in [-0.4, -0.2) is 24.7 Å². The van der Waals surface area contributed by atoms with Crippen molar-refractivity contribution in [1.82, 2.24) is 0 Å². The van der Waals surface area contributed by atoms with Gasteiger partial charge in [-0.3, -0.25) is 4.79 Å². The first-order valence-electron chi connectivity index (χ1n) is 8.09. The molecule has 1 N–H and O–H groups in total. The van der Waals surface area contributed by atoms with Gasteiger partial charge in [-0.05, 0) is 58.2 Å². The van der Waals surface area contributed by atoms with E-state index in [0.717, 1.165) is 38.3 Å². The molecule has 0 fully saturated rings. The summed E-state index contributed by atoms with van der Waals surface area (Å²) in [5.41, 5.74) is 2.52. The lowest BCUT2D eigenvalue weighted by atomic mass is 10.0. The average molecular weight is 364 g/mol. The largest absolute Gasteiger partial charge is 0.508 e. The van der Waals surface area contributed by atoms with Gasteiger partial charge in [-0.15, -0.1) is 17.9 Å². The van der Waals surface area contributed by atoms with Crippen molar-refractivity contribution in [3.8, 4) is 5.75 Å². The Morgan fingerprint density at radius 3 is 2.88 bits per heavy atom. The van der Waals surface area contributed by atoms with E-state index in [1.54, 1.807) is 23.5 Å². The second kappa shape index (κ2) is 5.79. The molecular weight excluding hydrogens is 346 g/mol. The first kappa shape index (κ1) is 16.0. The molecule has 1 aliphatic heterocycles. The Hall–Kier alpha value is -2.50. The predicted molar refractivity (Wildman–Crippen MR) is 107 cm³/mol. The van der Waals surface area contributed by atoms with Crippen LogP contribution >= 0.6 is 11.3 Å². The van der Waals surface area contributed by atoms with Crippen LogP contribution in [0.4, 0.5) is 5.69 Å². The molecule has 0 bridgehead atoms. The van der Waals surface area contributed by atoms with E-state index < -0.39 is 8.07 Å². The SMILES string of the molecule is C=CC[Si]1(C)C2=C(c3cccs3)C(=O)C=CC2=Nc2ccc(O)cc21. The van der Waals surface area contributed by atoms with Gasteiger partial charge in [0.15, 0.2) is 5.78 Å². The van der Waals surface area contributed by atoms with E-state index in [1.807, 2.05) is 41.8 Å². The Bertz CT molecular complexity index is 985. The maximum Gasteiger partial charge on any atom is 0.187 e. The molecule has 4 rings (SSSR count). The van der Waals surface area contributed by atoms with E-state index in [1.165, 1.54) is 0 Å². The molecule has 2 aliphatic rings. The molecule has 0 saturated heterocycles. The first-order valence-corrected chi connectivity index (χ1v) is 11.7. The van der Waals surface area contributed by atoms with Gasteiger partial charge in [0.2, 0.25) is 0 Å².